The van der Waals surface area contributed by atoms with Crippen LogP contribution in [-0.4, -0.2) is 48.0 Å². The van der Waals surface area contributed by atoms with Gasteiger partial charge in [0.25, 0.3) is 10.0 Å². The molecule has 4 rings (SSSR count). The highest BCUT2D eigenvalue weighted by molar-refractivity contribution is 7.92. The Kier molecular flexibility index (Phi) is 8.13. The molecule has 0 saturated heterocycles. The van der Waals surface area contributed by atoms with Gasteiger partial charge in [0.05, 0.1) is 35.4 Å². The highest BCUT2D eigenvalue weighted by atomic mass is 35.5. The van der Waals surface area contributed by atoms with E-state index in [2.05, 4.69) is 4.72 Å². The van der Waals surface area contributed by atoms with Crippen LogP contribution in [0.1, 0.15) is 29.8 Å². The Hall–Kier alpha value is -4.02. The number of likely N-dealkylation sites (N-methyl/N-ethyl adjacent to an activating group) is 1. The first-order valence-corrected chi connectivity index (χ1v) is 14.0. The Morgan fingerprint density at radius 1 is 1.00 bits per heavy atom. The topological polar surface area (TPSA) is 111 Å². The van der Waals surface area contributed by atoms with E-state index in [0.717, 1.165) is 23.0 Å². The number of methoxy groups -OCH3 is 2. The van der Waals surface area contributed by atoms with Gasteiger partial charge in [0.1, 0.15) is 11.5 Å². The molecular formula is C29H29ClN2O7S. The molecule has 0 fully saturated rings. The van der Waals surface area contributed by atoms with Crippen molar-refractivity contribution in [3.63, 3.8) is 0 Å². The van der Waals surface area contributed by atoms with E-state index in [-0.39, 0.29) is 26.9 Å². The molecule has 0 bridgehead atoms. The van der Waals surface area contributed by atoms with E-state index in [4.69, 9.17) is 25.8 Å². The summed E-state index contributed by atoms with van der Waals surface area (Å²) in [6.07, 6.45) is 1.48. The smallest absolute Gasteiger partial charge is 0.338 e. The molecule has 0 atom stereocenters. The van der Waals surface area contributed by atoms with Crippen molar-refractivity contribution in [1.82, 2.24) is 0 Å². The zero-order chi connectivity index (χ0) is 29.2. The molecule has 0 radical (unpaired) electrons. The van der Waals surface area contributed by atoms with Crippen molar-refractivity contribution in [2.24, 2.45) is 0 Å². The fourth-order valence-corrected chi connectivity index (χ4v) is 5.95. The first-order valence-electron chi connectivity index (χ1n) is 12.2. The van der Waals surface area contributed by atoms with Crippen LogP contribution < -0.4 is 19.1 Å². The summed E-state index contributed by atoms with van der Waals surface area (Å²) in [6, 6.07) is 16.0. The molecular weight excluding hydrogens is 556 g/mol. The van der Waals surface area contributed by atoms with Crippen molar-refractivity contribution in [2.75, 3.05) is 37.5 Å². The van der Waals surface area contributed by atoms with E-state index in [1.54, 1.807) is 0 Å². The first-order chi connectivity index (χ1) is 18.9. The largest absolute Gasteiger partial charge is 0.495 e. The van der Waals surface area contributed by atoms with Gasteiger partial charge < -0.3 is 19.1 Å². The number of anilines is 2. The van der Waals surface area contributed by atoms with Crippen LogP contribution in [0.5, 0.6) is 11.5 Å². The molecule has 210 valence electrons. The molecule has 3 aromatic rings. The molecule has 0 aromatic heterocycles. The van der Waals surface area contributed by atoms with Crippen molar-refractivity contribution in [1.29, 1.82) is 0 Å². The first kappa shape index (κ1) is 29.0. The van der Waals surface area contributed by atoms with Crippen LogP contribution in [0.2, 0.25) is 5.02 Å². The van der Waals surface area contributed by atoms with E-state index in [0.29, 0.717) is 5.75 Å². The maximum Gasteiger partial charge on any atom is 0.338 e. The molecule has 40 heavy (non-hydrogen) atoms. The molecule has 9 nitrogen and oxygen atoms in total. The van der Waals surface area contributed by atoms with Gasteiger partial charge in [-0.2, -0.15) is 0 Å². The molecule has 0 amide bonds. The van der Waals surface area contributed by atoms with Gasteiger partial charge in [0.15, 0.2) is 12.4 Å². The third-order valence-corrected chi connectivity index (χ3v) is 8.34. The SMILES string of the molecule is COc1cc(OC)c(NS(=O)(=O)c2cccc(C(=O)OCC(=O)C=C3N(C)c4ccccc4C3(C)C)c2)cc1Cl. The molecule has 0 saturated carbocycles. The molecule has 3 aromatic carbocycles. The minimum absolute atomic E-state index is 0.0335. The summed E-state index contributed by atoms with van der Waals surface area (Å²) in [5, 5.41) is 0.175. The number of hydrogen-bond donors (Lipinski definition) is 1. The maximum atomic E-state index is 13.1. The summed E-state index contributed by atoms with van der Waals surface area (Å²) in [4.78, 5) is 27.3. The normalized spacial score (nSPS) is 14.9. The Bertz CT molecular complexity index is 1620. The van der Waals surface area contributed by atoms with Crippen LogP contribution in [0.15, 0.2) is 77.3 Å². The highest BCUT2D eigenvalue weighted by Crippen LogP contribution is 2.46. The Morgan fingerprint density at radius 3 is 2.38 bits per heavy atom. The predicted octanol–water partition coefficient (Wildman–Crippen LogP) is 5.20. The van der Waals surface area contributed by atoms with E-state index in [1.165, 1.54) is 50.6 Å². The lowest BCUT2D eigenvalue weighted by Crippen LogP contribution is -2.25. The number of halogens is 1. The van der Waals surface area contributed by atoms with E-state index in [1.807, 2.05) is 50.1 Å². The number of ketones is 1. The van der Waals surface area contributed by atoms with Crippen molar-refractivity contribution in [3.8, 4) is 11.5 Å². The third-order valence-electron chi connectivity index (χ3n) is 6.68. The van der Waals surface area contributed by atoms with E-state index < -0.39 is 33.8 Å². The van der Waals surface area contributed by atoms with Gasteiger partial charge in [-0.1, -0.05) is 49.7 Å². The van der Waals surface area contributed by atoms with Crippen LogP contribution in [-0.2, 0) is 25.0 Å². The Labute approximate surface area is 238 Å². The lowest BCUT2D eigenvalue weighted by molar-refractivity contribution is -0.117. The number of hydrogen-bond acceptors (Lipinski definition) is 8. The summed E-state index contributed by atoms with van der Waals surface area (Å²) in [5.74, 6) is -0.738. The van der Waals surface area contributed by atoms with Crippen LogP contribution in [0, 0.1) is 0 Å². The molecule has 11 heteroatoms. The Morgan fingerprint density at radius 2 is 1.70 bits per heavy atom. The van der Waals surface area contributed by atoms with Gasteiger partial charge in [-0.3, -0.25) is 9.52 Å². The average Bonchev–Trinajstić information content (AvgIpc) is 3.12. The third kappa shape index (κ3) is 5.64. The number of sulfonamides is 1. The quantitative estimate of drug-likeness (QED) is 0.270. The maximum absolute atomic E-state index is 13.1. The number of para-hydroxylation sites is 1. The molecule has 0 unspecified atom stereocenters. The number of fused-ring (bicyclic) bond motifs is 1. The van der Waals surface area contributed by atoms with Gasteiger partial charge in [-0.15, -0.1) is 0 Å². The van der Waals surface area contributed by atoms with Crippen LogP contribution in [0.25, 0.3) is 0 Å². The second kappa shape index (κ2) is 11.2. The Balaban J connectivity index is 1.47. The summed E-state index contributed by atoms with van der Waals surface area (Å²) in [7, 11) is 0.530. The monoisotopic (exact) mass is 584 g/mol. The number of esters is 1. The van der Waals surface area contributed by atoms with Crippen molar-refractivity contribution in [3.05, 3.63) is 88.6 Å². The van der Waals surface area contributed by atoms with Gasteiger partial charge in [0, 0.05) is 36.0 Å². The van der Waals surface area contributed by atoms with Crippen LogP contribution in [0.4, 0.5) is 11.4 Å². The number of allylic oxidation sites excluding steroid dienone is 1. The van der Waals surface area contributed by atoms with Crippen LogP contribution in [0.3, 0.4) is 0 Å². The number of nitrogens with zero attached hydrogens (tertiary/aromatic N) is 1. The zero-order valence-electron chi connectivity index (χ0n) is 22.6. The molecule has 1 aliphatic heterocycles. The number of carbonyl (C=O) groups excluding carboxylic acids is 2. The molecule has 1 N–H and O–H groups in total. The van der Waals surface area contributed by atoms with Crippen LogP contribution >= 0.6 is 11.6 Å². The van der Waals surface area contributed by atoms with E-state index in [9.17, 15) is 18.0 Å². The van der Waals surface area contributed by atoms with Crippen molar-refractivity contribution in [2.45, 2.75) is 24.2 Å². The average molecular weight is 585 g/mol. The predicted molar refractivity (Wildman–Crippen MR) is 153 cm³/mol. The van der Waals surface area contributed by atoms with Crippen molar-refractivity contribution < 1.29 is 32.2 Å². The number of carbonyl (C=O) groups is 2. The van der Waals surface area contributed by atoms with Gasteiger partial charge in [-0.05, 0) is 35.9 Å². The summed E-state index contributed by atoms with van der Waals surface area (Å²) < 4.78 is 44.2. The van der Waals surface area contributed by atoms with Gasteiger partial charge >= 0.3 is 5.97 Å². The fraction of sp³-hybridized carbons (Fsp3) is 0.241. The van der Waals surface area contributed by atoms with Gasteiger partial charge in [-0.25, -0.2) is 13.2 Å². The molecule has 1 heterocycles. The molecule has 1 aliphatic rings. The minimum atomic E-state index is -4.15. The number of nitrogens with one attached hydrogen (secondary N) is 1. The van der Waals surface area contributed by atoms with Gasteiger partial charge in [0.2, 0.25) is 0 Å². The minimum Gasteiger partial charge on any atom is -0.495 e. The zero-order valence-corrected chi connectivity index (χ0v) is 24.2. The van der Waals surface area contributed by atoms with Crippen molar-refractivity contribution >= 4 is 44.8 Å². The summed E-state index contributed by atoms with van der Waals surface area (Å²) in [5.41, 5.74) is 2.52. The lowest BCUT2D eigenvalue weighted by Gasteiger charge is -2.23. The highest BCUT2D eigenvalue weighted by Gasteiger charge is 2.38. The second-order valence-electron chi connectivity index (χ2n) is 9.59. The number of benzene rings is 3. The molecule has 0 spiro atoms. The lowest BCUT2D eigenvalue weighted by atomic mass is 9.83. The summed E-state index contributed by atoms with van der Waals surface area (Å²) >= 11 is 6.15. The molecule has 0 aliphatic carbocycles. The number of rotatable bonds is 9. The fourth-order valence-electron chi connectivity index (χ4n) is 4.61. The standard InChI is InChI=1S/C29H29ClN2O7S/c1-29(2)21-11-6-7-12-24(21)32(3)27(29)14-19(33)17-39-28(34)18-9-8-10-20(13-18)40(35,36)31-23-15-22(30)25(37-4)16-26(23)38-5/h6-16,31H,17H2,1-5H3. The second-order valence-corrected chi connectivity index (χ2v) is 11.7. The number of ether oxygens (including phenoxy) is 3. The summed E-state index contributed by atoms with van der Waals surface area (Å²) in [6.45, 7) is 3.55. The van der Waals surface area contributed by atoms with E-state index >= 15 is 0 Å².